The number of hydrogen-bond acceptors (Lipinski definition) is 3. The molecule has 0 aliphatic rings. The van der Waals surface area contributed by atoms with Crippen LogP contribution in [0, 0.1) is 6.92 Å². The minimum Gasteiger partial charge on any atom is -0.395 e. The molecule has 0 unspecified atom stereocenters. The van der Waals surface area contributed by atoms with Crippen LogP contribution in [0.2, 0.25) is 0 Å². The molecule has 3 heteroatoms. The Balaban J connectivity index is 1.98. The molecule has 0 aromatic heterocycles. The van der Waals surface area contributed by atoms with E-state index in [0.717, 1.165) is 5.56 Å². The van der Waals surface area contributed by atoms with Crippen LogP contribution in [0.5, 0.6) is 11.5 Å². The molecular formula is C14H12O3. The summed E-state index contributed by atoms with van der Waals surface area (Å²) < 4.78 is 10.0. The molecule has 0 heterocycles. The summed E-state index contributed by atoms with van der Waals surface area (Å²) in [6, 6.07) is 16.0. The second-order valence-electron chi connectivity index (χ2n) is 3.58. The lowest BCUT2D eigenvalue weighted by Crippen LogP contribution is -2.13. The van der Waals surface area contributed by atoms with Crippen molar-refractivity contribution >= 4 is 6.16 Å². The second-order valence-corrected chi connectivity index (χ2v) is 3.58. The Hall–Kier alpha value is -2.29. The van der Waals surface area contributed by atoms with E-state index >= 15 is 0 Å². The molecule has 0 fully saturated rings. The van der Waals surface area contributed by atoms with Crippen LogP contribution >= 0.6 is 0 Å². The highest BCUT2D eigenvalue weighted by molar-refractivity contribution is 5.67. The number of rotatable bonds is 2. The van der Waals surface area contributed by atoms with Crippen LogP contribution in [-0.4, -0.2) is 6.16 Å². The minimum absolute atomic E-state index is 0.463. The molecule has 0 bridgehead atoms. The standard InChI is InChI=1S/C14H12O3/c1-11-6-5-9-13(10-11)17-14(15)16-12-7-3-2-4-8-12/h2-10H,1H3. The summed E-state index contributed by atoms with van der Waals surface area (Å²) in [5.74, 6) is 0.941. The van der Waals surface area contributed by atoms with E-state index in [9.17, 15) is 4.79 Å². The number of aryl methyl sites for hydroxylation is 1. The van der Waals surface area contributed by atoms with Crippen molar-refractivity contribution in [2.24, 2.45) is 0 Å². The van der Waals surface area contributed by atoms with Gasteiger partial charge < -0.3 is 9.47 Å². The number of benzene rings is 2. The number of para-hydroxylation sites is 1. The van der Waals surface area contributed by atoms with E-state index in [0.29, 0.717) is 11.5 Å². The smallest absolute Gasteiger partial charge is 0.395 e. The molecule has 0 spiro atoms. The molecule has 0 atom stereocenters. The molecule has 0 radical (unpaired) electrons. The Morgan fingerprint density at radius 3 is 2.24 bits per heavy atom. The molecule has 2 rings (SSSR count). The summed E-state index contributed by atoms with van der Waals surface area (Å²) >= 11 is 0. The largest absolute Gasteiger partial charge is 0.519 e. The van der Waals surface area contributed by atoms with Crippen molar-refractivity contribution in [3.8, 4) is 11.5 Å². The van der Waals surface area contributed by atoms with Crippen LogP contribution in [0.15, 0.2) is 54.6 Å². The van der Waals surface area contributed by atoms with Gasteiger partial charge in [0.25, 0.3) is 0 Å². The zero-order valence-electron chi connectivity index (χ0n) is 9.42. The minimum atomic E-state index is -0.734. The van der Waals surface area contributed by atoms with Gasteiger partial charge in [-0.15, -0.1) is 0 Å². The lowest BCUT2D eigenvalue weighted by molar-refractivity contribution is 0.152. The fourth-order valence-corrected chi connectivity index (χ4v) is 1.38. The van der Waals surface area contributed by atoms with Crippen LogP contribution < -0.4 is 9.47 Å². The SMILES string of the molecule is Cc1cccc(OC(=O)Oc2ccccc2)c1. The predicted molar refractivity (Wildman–Crippen MR) is 64.3 cm³/mol. The lowest BCUT2D eigenvalue weighted by Gasteiger charge is -2.05. The maximum atomic E-state index is 11.4. The van der Waals surface area contributed by atoms with Gasteiger partial charge in [-0.05, 0) is 36.8 Å². The van der Waals surface area contributed by atoms with Gasteiger partial charge in [0.2, 0.25) is 0 Å². The fourth-order valence-electron chi connectivity index (χ4n) is 1.38. The Labute approximate surface area is 99.6 Å². The van der Waals surface area contributed by atoms with Crippen molar-refractivity contribution in [3.05, 3.63) is 60.2 Å². The van der Waals surface area contributed by atoms with Crippen LogP contribution in [0.25, 0.3) is 0 Å². The molecular weight excluding hydrogens is 216 g/mol. The number of carbonyl (C=O) groups is 1. The molecule has 0 saturated heterocycles. The Kier molecular flexibility index (Phi) is 3.40. The summed E-state index contributed by atoms with van der Waals surface area (Å²) in [5, 5.41) is 0. The first-order chi connectivity index (χ1) is 8.24. The second kappa shape index (κ2) is 5.16. The summed E-state index contributed by atoms with van der Waals surface area (Å²) in [6.07, 6.45) is -0.734. The van der Waals surface area contributed by atoms with Crippen molar-refractivity contribution in [2.45, 2.75) is 6.92 Å². The molecule has 0 aliphatic carbocycles. The lowest BCUT2D eigenvalue weighted by atomic mass is 10.2. The van der Waals surface area contributed by atoms with Crippen molar-refractivity contribution in [1.29, 1.82) is 0 Å². The summed E-state index contributed by atoms with van der Waals surface area (Å²) in [6.45, 7) is 1.93. The molecule has 0 saturated carbocycles. The average Bonchev–Trinajstić information content (AvgIpc) is 2.30. The zero-order chi connectivity index (χ0) is 12.1. The molecule has 0 N–H and O–H groups in total. The van der Waals surface area contributed by atoms with Gasteiger partial charge in [-0.3, -0.25) is 0 Å². The molecule has 2 aromatic carbocycles. The average molecular weight is 228 g/mol. The predicted octanol–water partition coefficient (Wildman–Crippen LogP) is 3.57. The van der Waals surface area contributed by atoms with E-state index in [-0.39, 0.29) is 0 Å². The van der Waals surface area contributed by atoms with Crippen LogP contribution in [0.1, 0.15) is 5.56 Å². The highest BCUT2D eigenvalue weighted by Gasteiger charge is 2.07. The van der Waals surface area contributed by atoms with Crippen LogP contribution in [0.3, 0.4) is 0 Å². The first-order valence-corrected chi connectivity index (χ1v) is 5.25. The highest BCUT2D eigenvalue weighted by Crippen LogP contribution is 2.14. The maximum absolute atomic E-state index is 11.4. The quantitative estimate of drug-likeness (QED) is 0.582. The van der Waals surface area contributed by atoms with Gasteiger partial charge in [0.05, 0.1) is 0 Å². The molecule has 0 aliphatic heterocycles. The van der Waals surface area contributed by atoms with E-state index in [1.165, 1.54) is 0 Å². The zero-order valence-corrected chi connectivity index (χ0v) is 9.42. The molecule has 2 aromatic rings. The normalized spacial score (nSPS) is 9.71. The highest BCUT2D eigenvalue weighted by atomic mass is 16.7. The third-order valence-corrected chi connectivity index (χ3v) is 2.14. The van der Waals surface area contributed by atoms with Crippen molar-refractivity contribution < 1.29 is 14.3 Å². The van der Waals surface area contributed by atoms with Gasteiger partial charge in [0, 0.05) is 0 Å². The number of carbonyl (C=O) groups excluding carboxylic acids is 1. The number of ether oxygens (including phenoxy) is 2. The van der Waals surface area contributed by atoms with Gasteiger partial charge in [0.15, 0.2) is 0 Å². The molecule has 17 heavy (non-hydrogen) atoms. The van der Waals surface area contributed by atoms with E-state index in [1.54, 1.807) is 36.4 Å². The molecule has 86 valence electrons. The van der Waals surface area contributed by atoms with E-state index < -0.39 is 6.16 Å². The summed E-state index contributed by atoms with van der Waals surface area (Å²) in [4.78, 5) is 11.4. The fraction of sp³-hybridized carbons (Fsp3) is 0.0714. The van der Waals surface area contributed by atoms with Crippen molar-refractivity contribution in [2.75, 3.05) is 0 Å². The van der Waals surface area contributed by atoms with E-state index in [4.69, 9.17) is 9.47 Å². The van der Waals surface area contributed by atoms with E-state index in [2.05, 4.69) is 0 Å². The third-order valence-electron chi connectivity index (χ3n) is 2.14. The Morgan fingerprint density at radius 2 is 1.53 bits per heavy atom. The van der Waals surface area contributed by atoms with Gasteiger partial charge in [0.1, 0.15) is 11.5 Å². The van der Waals surface area contributed by atoms with E-state index in [1.807, 2.05) is 25.1 Å². The van der Waals surface area contributed by atoms with Crippen LogP contribution in [0.4, 0.5) is 4.79 Å². The monoisotopic (exact) mass is 228 g/mol. The first kappa shape index (κ1) is 11.2. The first-order valence-electron chi connectivity index (χ1n) is 5.25. The molecule has 3 nitrogen and oxygen atoms in total. The third kappa shape index (κ3) is 3.34. The van der Waals surface area contributed by atoms with Gasteiger partial charge >= 0.3 is 6.16 Å². The topological polar surface area (TPSA) is 35.5 Å². The summed E-state index contributed by atoms with van der Waals surface area (Å²) in [7, 11) is 0. The van der Waals surface area contributed by atoms with Crippen molar-refractivity contribution in [1.82, 2.24) is 0 Å². The summed E-state index contributed by atoms with van der Waals surface area (Å²) in [5.41, 5.74) is 1.02. The Morgan fingerprint density at radius 1 is 0.882 bits per heavy atom. The van der Waals surface area contributed by atoms with Gasteiger partial charge in [-0.25, -0.2) is 4.79 Å². The number of hydrogen-bond donors (Lipinski definition) is 0. The molecule has 0 amide bonds. The van der Waals surface area contributed by atoms with Gasteiger partial charge in [-0.2, -0.15) is 0 Å². The van der Waals surface area contributed by atoms with Gasteiger partial charge in [-0.1, -0.05) is 30.3 Å². The van der Waals surface area contributed by atoms with Crippen LogP contribution in [-0.2, 0) is 0 Å². The maximum Gasteiger partial charge on any atom is 0.519 e. The van der Waals surface area contributed by atoms with Crippen molar-refractivity contribution in [3.63, 3.8) is 0 Å². The Bertz CT molecular complexity index is 506.